The highest BCUT2D eigenvalue weighted by atomic mass is 32.2. The molecule has 0 bridgehead atoms. The number of nitrogens with zero attached hydrogens (tertiary/aromatic N) is 4. The minimum absolute atomic E-state index is 0.0658. The fourth-order valence-corrected chi connectivity index (χ4v) is 6.28. The Balaban J connectivity index is 2.07. The molecule has 8 heteroatoms. The predicted octanol–water partition coefficient (Wildman–Crippen LogP) is 5.85. The molecule has 3 rings (SSSR count). The largest absolute Gasteiger partial charge is 0.357 e. The third-order valence-corrected chi connectivity index (χ3v) is 8.58. The lowest BCUT2D eigenvalue weighted by atomic mass is 9.99. The zero-order chi connectivity index (χ0) is 25.5. The summed E-state index contributed by atoms with van der Waals surface area (Å²) in [6, 6.07) is 2.12. The van der Waals surface area contributed by atoms with E-state index in [0.717, 1.165) is 63.0 Å². The Hall–Kier alpha value is -2.11. The van der Waals surface area contributed by atoms with E-state index in [-0.39, 0.29) is 17.0 Å². The number of thioether (sulfide) groups is 1. The average Bonchev–Trinajstić information content (AvgIpc) is 3.03. The van der Waals surface area contributed by atoms with Crippen molar-refractivity contribution in [1.29, 1.82) is 5.26 Å². The number of amides is 1. The third kappa shape index (κ3) is 6.00. The zero-order valence-electron chi connectivity index (χ0n) is 21.6. The topological polar surface area (TPSA) is 69.3 Å². The fraction of sp³-hybridized carbons (Fsp3) is 0.630. The van der Waals surface area contributed by atoms with Crippen LogP contribution in [-0.2, 0) is 11.3 Å². The number of thiocarbonyl (C=S) groups is 1. The van der Waals surface area contributed by atoms with Crippen LogP contribution in [0.1, 0.15) is 88.8 Å². The SMILES string of the molecule is CCCCC(CC)CN1C(=O)/C(=C\c2c(C)c(C#N)c(=O)n(CC)c2N2CCCCCC2)SC1=S. The Labute approximate surface area is 219 Å². The van der Waals surface area contributed by atoms with Crippen molar-refractivity contribution in [2.24, 2.45) is 5.92 Å². The summed E-state index contributed by atoms with van der Waals surface area (Å²) in [5.74, 6) is 1.19. The van der Waals surface area contributed by atoms with Crippen LogP contribution in [0.3, 0.4) is 0 Å². The van der Waals surface area contributed by atoms with Crippen molar-refractivity contribution in [3.8, 4) is 6.07 Å². The first-order chi connectivity index (χ1) is 16.9. The highest BCUT2D eigenvalue weighted by molar-refractivity contribution is 8.26. The van der Waals surface area contributed by atoms with Gasteiger partial charge in [0.25, 0.3) is 11.5 Å². The molecule has 2 saturated heterocycles. The maximum atomic E-state index is 13.5. The van der Waals surface area contributed by atoms with Crippen LogP contribution in [0.4, 0.5) is 5.82 Å². The Morgan fingerprint density at radius 1 is 1.14 bits per heavy atom. The second-order valence-electron chi connectivity index (χ2n) is 9.51. The summed E-state index contributed by atoms with van der Waals surface area (Å²) in [4.78, 5) is 31.3. The second kappa shape index (κ2) is 12.7. The molecular weight excluding hydrogens is 476 g/mol. The standard InChI is InChI=1S/C27H38N4O2S2/c1-5-8-13-20(6-2)18-31-26(33)23(35-27(31)34)16-21-19(4)22(17-28)25(32)30(7-3)24(21)29-14-11-9-10-12-15-29/h16,20H,5-15,18H2,1-4H3/b23-16+. The molecular formula is C27H38N4O2S2. The van der Waals surface area contributed by atoms with Gasteiger partial charge in [-0.1, -0.05) is 69.9 Å². The molecule has 1 aromatic rings. The minimum atomic E-state index is -0.252. The van der Waals surface area contributed by atoms with Gasteiger partial charge in [-0.15, -0.1) is 0 Å². The van der Waals surface area contributed by atoms with Gasteiger partial charge in [-0.2, -0.15) is 5.26 Å². The molecule has 190 valence electrons. The lowest BCUT2D eigenvalue weighted by Gasteiger charge is -2.29. The number of pyridine rings is 1. The number of hydrogen-bond acceptors (Lipinski definition) is 6. The number of nitriles is 1. The highest BCUT2D eigenvalue weighted by Gasteiger charge is 2.34. The number of carbonyl (C=O) groups excluding carboxylic acids is 1. The van der Waals surface area contributed by atoms with E-state index >= 15 is 0 Å². The smallest absolute Gasteiger partial charge is 0.270 e. The van der Waals surface area contributed by atoms with Crippen molar-refractivity contribution < 1.29 is 4.79 Å². The first-order valence-corrected chi connectivity index (χ1v) is 14.3. The van der Waals surface area contributed by atoms with Gasteiger partial charge in [0, 0.05) is 31.7 Å². The minimum Gasteiger partial charge on any atom is -0.357 e. The Kier molecular flexibility index (Phi) is 9.99. The Morgan fingerprint density at radius 3 is 2.40 bits per heavy atom. The number of aromatic nitrogens is 1. The van der Waals surface area contributed by atoms with Crippen molar-refractivity contribution in [2.45, 2.75) is 85.6 Å². The summed E-state index contributed by atoms with van der Waals surface area (Å²) in [6.45, 7) is 11.0. The molecule has 0 aromatic carbocycles. The van der Waals surface area contributed by atoms with E-state index in [0.29, 0.717) is 33.8 Å². The summed E-state index contributed by atoms with van der Waals surface area (Å²) in [6.07, 6.45) is 10.8. The number of unbranched alkanes of at least 4 members (excludes halogenated alkanes) is 1. The van der Waals surface area contributed by atoms with Gasteiger partial charge in [0.15, 0.2) is 0 Å². The molecule has 1 aromatic heterocycles. The second-order valence-corrected chi connectivity index (χ2v) is 11.2. The van der Waals surface area contributed by atoms with E-state index in [2.05, 4.69) is 24.8 Å². The molecule has 1 amide bonds. The molecule has 2 aliphatic heterocycles. The molecule has 0 aliphatic carbocycles. The summed E-state index contributed by atoms with van der Waals surface area (Å²) in [7, 11) is 0. The molecule has 0 spiro atoms. The lowest BCUT2D eigenvalue weighted by Crippen LogP contribution is -2.35. The Morgan fingerprint density at radius 2 is 1.83 bits per heavy atom. The van der Waals surface area contributed by atoms with Crippen LogP contribution in [0.5, 0.6) is 0 Å². The third-order valence-electron chi connectivity index (χ3n) is 7.20. The van der Waals surface area contributed by atoms with E-state index in [1.54, 1.807) is 9.47 Å². The van der Waals surface area contributed by atoms with Gasteiger partial charge in [0.2, 0.25) is 0 Å². The molecule has 6 nitrogen and oxygen atoms in total. The van der Waals surface area contributed by atoms with Gasteiger partial charge >= 0.3 is 0 Å². The van der Waals surface area contributed by atoms with Crippen LogP contribution in [0.2, 0.25) is 0 Å². The van der Waals surface area contributed by atoms with Gasteiger partial charge in [-0.05, 0) is 50.7 Å². The Bertz CT molecular complexity index is 1080. The molecule has 3 heterocycles. The van der Waals surface area contributed by atoms with Crippen LogP contribution in [-0.4, -0.2) is 39.3 Å². The van der Waals surface area contributed by atoms with Crippen LogP contribution in [0, 0.1) is 24.2 Å². The van der Waals surface area contributed by atoms with Crippen molar-refractivity contribution in [1.82, 2.24) is 9.47 Å². The normalized spacial score (nSPS) is 18.8. The molecule has 35 heavy (non-hydrogen) atoms. The summed E-state index contributed by atoms with van der Waals surface area (Å²) in [5, 5.41) is 9.79. The van der Waals surface area contributed by atoms with E-state index in [1.807, 2.05) is 19.9 Å². The first kappa shape index (κ1) is 27.5. The molecule has 0 saturated carbocycles. The van der Waals surface area contributed by atoms with E-state index < -0.39 is 0 Å². The average molecular weight is 515 g/mol. The number of anilines is 1. The number of hydrogen-bond donors (Lipinski definition) is 0. The van der Waals surface area contributed by atoms with Crippen molar-refractivity contribution in [2.75, 3.05) is 24.5 Å². The van der Waals surface area contributed by atoms with Crippen LogP contribution in [0.15, 0.2) is 9.70 Å². The highest BCUT2D eigenvalue weighted by Crippen LogP contribution is 2.37. The van der Waals surface area contributed by atoms with Crippen molar-refractivity contribution in [3.05, 3.63) is 31.9 Å². The van der Waals surface area contributed by atoms with Gasteiger partial charge in [-0.25, -0.2) is 0 Å². The number of rotatable bonds is 9. The van der Waals surface area contributed by atoms with Crippen LogP contribution >= 0.6 is 24.0 Å². The first-order valence-electron chi connectivity index (χ1n) is 13.1. The maximum Gasteiger partial charge on any atom is 0.270 e. The van der Waals surface area contributed by atoms with E-state index in [9.17, 15) is 14.9 Å². The molecule has 2 aliphatic rings. The monoisotopic (exact) mass is 514 g/mol. The van der Waals surface area contributed by atoms with Crippen LogP contribution in [0.25, 0.3) is 6.08 Å². The van der Waals surface area contributed by atoms with Gasteiger partial charge < -0.3 is 4.90 Å². The van der Waals surface area contributed by atoms with E-state index in [4.69, 9.17) is 12.2 Å². The van der Waals surface area contributed by atoms with Crippen molar-refractivity contribution in [3.63, 3.8) is 0 Å². The molecule has 2 fully saturated rings. The van der Waals surface area contributed by atoms with Gasteiger partial charge in [-0.3, -0.25) is 19.1 Å². The van der Waals surface area contributed by atoms with Crippen LogP contribution < -0.4 is 10.5 Å². The van der Waals surface area contributed by atoms with Crippen molar-refractivity contribution >= 4 is 46.1 Å². The fourth-order valence-electron chi connectivity index (χ4n) is 5.02. The predicted molar refractivity (Wildman–Crippen MR) is 150 cm³/mol. The maximum absolute atomic E-state index is 13.5. The summed E-state index contributed by atoms with van der Waals surface area (Å²) >= 11 is 6.96. The zero-order valence-corrected chi connectivity index (χ0v) is 23.2. The quantitative estimate of drug-likeness (QED) is 0.304. The molecule has 0 radical (unpaired) electrons. The van der Waals surface area contributed by atoms with Gasteiger partial charge in [0.1, 0.15) is 21.8 Å². The molecule has 1 atom stereocenters. The van der Waals surface area contributed by atoms with E-state index in [1.165, 1.54) is 24.6 Å². The summed E-state index contributed by atoms with van der Waals surface area (Å²) in [5.41, 5.74) is 1.33. The molecule has 0 N–H and O–H groups in total. The lowest BCUT2D eigenvalue weighted by molar-refractivity contribution is -0.122. The number of carbonyl (C=O) groups is 1. The van der Waals surface area contributed by atoms with Gasteiger partial charge in [0.05, 0.1) is 4.91 Å². The summed E-state index contributed by atoms with van der Waals surface area (Å²) < 4.78 is 2.30. The molecule has 1 unspecified atom stereocenters.